The van der Waals surface area contributed by atoms with Gasteiger partial charge in [0.15, 0.2) is 0 Å². The Labute approximate surface area is 128 Å². The summed E-state index contributed by atoms with van der Waals surface area (Å²) < 4.78 is 11.7. The fourth-order valence-corrected chi connectivity index (χ4v) is 2.17. The zero-order valence-corrected chi connectivity index (χ0v) is 13.2. The molecule has 5 heteroatoms. The van der Waals surface area contributed by atoms with E-state index in [4.69, 9.17) is 9.47 Å². The highest BCUT2D eigenvalue weighted by Crippen LogP contribution is 2.25. The van der Waals surface area contributed by atoms with Crippen molar-refractivity contribution in [3.05, 3.63) is 28.7 Å². The summed E-state index contributed by atoms with van der Waals surface area (Å²) in [5.41, 5.74) is 0.129. The van der Waals surface area contributed by atoms with E-state index in [0.29, 0.717) is 19.6 Å². The van der Waals surface area contributed by atoms with Crippen LogP contribution in [0.1, 0.15) is 19.8 Å². The Kier molecular flexibility index (Phi) is 5.43. The lowest BCUT2D eigenvalue weighted by Crippen LogP contribution is -2.48. The number of carbonyl (C=O) groups is 1. The largest absolute Gasteiger partial charge is 0.494 e. The van der Waals surface area contributed by atoms with Crippen molar-refractivity contribution in [3.8, 4) is 5.75 Å². The summed E-state index contributed by atoms with van der Waals surface area (Å²) in [7, 11) is 0. The van der Waals surface area contributed by atoms with Crippen LogP contribution in [0.2, 0.25) is 0 Å². The van der Waals surface area contributed by atoms with E-state index in [2.05, 4.69) is 28.2 Å². The summed E-state index contributed by atoms with van der Waals surface area (Å²) in [6, 6.07) is 7.68. The summed E-state index contributed by atoms with van der Waals surface area (Å²) >= 11 is 3.37. The zero-order valence-electron chi connectivity index (χ0n) is 11.7. The molecule has 1 aliphatic rings. The molecule has 1 saturated heterocycles. The number of rotatable bonds is 7. The third-order valence-corrected chi connectivity index (χ3v) is 3.77. The SMILES string of the molecule is CC1(CNC(=O)CCCOc2ccc(Br)cc2)COC1. The minimum atomic E-state index is 0.0810. The molecule has 0 atom stereocenters. The van der Waals surface area contributed by atoms with E-state index in [1.54, 1.807) is 0 Å². The fourth-order valence-electron chi connectivity index (χ4n) is 1.91. The van der Waals surface area contributed by atoms with Gasteiger partial charge in [-0.05, 0) is 30.7 Å². The summed E-state index contributed by atoms with van der Waals surface area (Å²) in [6.45, 7) is 4.84. The van der Waals surface area contributed by atoms with Gasteiger partial charge in [0.2, 0.25) is 5.91 Å². The van der Waals surface area contributed by atoms with Gasteiger partial charge in [-0.15, -0.1) is 0 Å². The topological polar surface area (TPSA) is 47.6 Å². The van der Waals surface area contributed by atoms with Crippen LogP contribution in [0.5, 0.6) is 5.75 Å². The Morgan fingerprint density at radius 1 is 1.40 bits per heavy atom. The third kappa shape index (κ3) is 4.80. The number of hydrogen-bond acceptors (Lipinski definition) is 3. The molecule has 1 aromatic rings. The van der Waals surface area contributed by atoms with Crippen molar-refractivity contribution >= 4 is 21.8 Å². The molecule has 20 heavy (non-hydrogen) atoms. The van der Waals surface area contributed by atoms with Gasteiger partial charge >= 0.3 is 0 Å². The second-order valence-corrected chi connectivity index (χ2v) is 6.40. The molecule has 0 radical (unpaired) electrons. The highest BCUT2D eigenvalue weighted by Gasteiger charge is 2.33. The van der Waals surface area contributed by atoms with Crippen LogP contribution in [0.25, 0.3) is 0 Å². The first-order chi connectivity index (χ1) is 9.57. The molecule has 0 bridgehead atoms. The van der Waals surface area contributed by atoms with Gasteiger partial charge in [0.05, 0.1) is 19.8 Å². The summed E-state index contributed by atoms with van der Waals surface area (Å²) in [5, 5.41) is 2.95. The van der Waals surface area contributed by atoms with Gasteiger partial charge in [-0.25, -0.2) is 0 Å². The molecule has 0 unspecified atom stereocenters. The minimum absolute atomic E-state index is 0.0810. The second-order valence-electron chi connectivity index (χ2n) is 5.49. The molecule has 1 aromatic carbocycles. The first-order valence-electron chi connectivity index (χ1n) is 6.80. The lowest BCUT2D eigenvalue weighted by molar-refractivity contribution is -0.127. The van der Waals surface area contributed by atoms with Crippen molar-refractivity contribution < 1.29 is 14.3 Å². The van der Waals surface area contributed by atoms with Crippen molar-refractivity contribution in [1.82, 2.24) is 5.32 Å². The molecular weight excluding hydrogens is 322 g/mol. The van der Waals surface area contributed by atoms with Crippen LogP contribution in [-0.4, -0.2) is 32.3 Å². The molecule has 1 N–H and O–H groups in total. The van der Waals surface area contributed by atoms with E-state index < -0.39 is 0 Å². The number of hydrogen-bond donors (Lipinski definition) is 1. The maximum absolute atomic E-state index is 11.7. The predicted molar refractivity (Wildman–Crippen MR) is 80.8 cm³/mol. The molecule has 1 amide bonds. The van der Waals surface area contributed by atoms with Crippen molar-refractivity contribution in [2.45, 2.75) is 19.8 Å². The van der Waals surface area contributed by atoms with Crippen LogP contribution in [0.15, 0.2) is 28.7 Å². The van der Waals surface area contributed by atoms with E-state index in [1.165, 1.54) is 0 Å². The average molecular weight is 342 g/mol. The Bertz CT molecular complexity index is 443. The number of halogens is 1. The summed E-state index contributed by atoms with van der Waals surface area (Å²) in [5.74, 6) is 0.908. The van der Waals surface area contributed by atoms with E-state index in [9.17, 15) is 4.79 Å². The maximum Gasteiger partial charge on any atom is 0.220 e. The Balaban J connectivity index is 1.56. The van der Waals surface area contributed by atoms with Crippen molar-refractivity contribution in [2.75, 3.05) is 26.4 Å². The number of nitrogens with one attached hydrogen (secondary N) is 1. The highest BCUT2D eigenvalue weighted by atomic mass is 79.9. The molecule has 0 spiro atoms. The van der Waals surface area contributed by atoms with Crippen LogP contribution < -0.4 is 10.1 Å². The molecule has 1 aliphatic heterocycles. The molecule has 0 aromatic heterocycles. The van der Waals surface area contributed by atoms with Crippen LogP contribution in [-0.2, 0) is 9.53 Å². The monoisotopic (exact) mass is 341 g/mol. The van der Waals surface area contributed by atoms with Gasteiger partial charge in [0.25, 0.3) is 0 Å². The van der Waals surface area contributed by atoms with E-state index in [-0.39, 0.29) is 11.3 Å². The van der Waals surface area contributed by atoms with Gasteiger partial charge in [0, 0.05) is 22.9 Å². The smallest absolute Gasteiger partial charge is 0.220 e. The summed E-state index contributed by atoms with van der Waals surface area (Å²) in [4.78, 5) is 11.7. The number of benzene rings is 1. The molecular formula is C15H20BrNO3. The van der Waals surface area contributed by atoms with Crippen molar-refractivity contribution in [2.24, 2.45) is 5.41 Å². The van der Waals surface area contributed by atoms with Gasteiger partial charge in [0.1, 0.15) is 5.75 Å². The molecule has 1 heterocycles. The Morgan fingerprint density at radius 2 is 2.10 bits per heavy atom. The molecule has 0 aliphatic carbocycles. The second kappa shape index (κ2) is 7.09. The summed E-state index contributed by atoms with van der Waals surface area (Å²) in [6.07, 6.45) is 1.21. The van der Waals surface area contributed by atoms with E-state index >= 15 is 0 Å². The van der Waals surface area contributed by atoms with Crippen LogP contribution >= 0.6 is 15.9 Å². The molecule has 2 rings (SSSR count). The van der Waals surface area contributed by atoms with Crippen LogP contribution in [0, 0.1) is 5.41 Å². The maximum atomic E-state index is 11.7. The fraction of sp³-hybridized carbons (Fsp3) is 0.533. The first-order valence-corrected chi connectivity index (χ1v) is 7.60. The standard InChI is InChI=1S/C15H20BrNO3/c1-15(10-19-11-15)9-17-14(18)3-2-8-20-13-6-4-12(16)5-7-13/h4-7H,2-3,8-11H2,1H3,(H,17,18). The Morgan fingerprint density at radius 3 is 2.70 bits per heavy atom. The molecule has 0 saturated carbocycles. The molecule has 110 valence electrons. The molecule has 4 nitrogen and oxygen atoms in total. The van der Waals surface area contributed by atoms with Gasteiger partial charge < -0.3 is 14.8 Å². The molecule has 1 fully saturated rings. The predicted octanol–water partition coefficient (Wildman–Crippen LogP) is 2.76. The van der Waals surface area contributed by atoms with Gasteiger partial charge in [-0.2, -0.15) is 0 Å². The zero-order chi connectivity index (χ0) is 14.4. The number of carbonyl (C=O) groups excluding carboxylic acids is 1. The highest BCUT2D eigenvalue weighted by molar-refractivity contribution is 9.10. The average Bonchev–Trinajstić information content (AvgIpc) is 2.41. The Hall–Kier alpha value is -1.07. The first kappa shape index (κ1) is 15.3. The van der Waals surface area contributed by atoms with E-state index in [1.807, 2.05) is 24.3 Å². The van der Waals surface area contributed by atoms with Gasteiger partial charge in [-0.1, -0.05) is 22.9 Å². The lowest BCUT2D eigenvalue weighted by atomic mass is 9.89. The lowest BCUT2D eigenvalue weighted by Gasteiger charge is -2.38. The van der Waals surface area contributed by atoms with Crippen molar-refractivity contribution in [1.29, 1.82) is 0 Å². The van der Waals surface area contributed by atoms with Crippen LogP contribution in [0.3, 0.4) is 0 Å². The van der Waals surface area contributed by atoms with E-state index in [0.717, 1.165) is 29.9 Å². The van der Waals surface area contributed by atoms with Crippen LogP contribution in [0.4, 0.5) is 0 Å². The van der Waals surface area contributed by atoms with Gasteiger partial charge in [-0.3, -0.25) is 4.79 Å². The minimum Gasteiger partial charge on any atom is -0.494 e. The number of amides is 1. The third-order valence-electron chi connectivity index (χ3n) is 3.24. The quantitative estimate of drug-likeness (QED) is 0.775. The normalized spacial score (nSPS) is 16.3. The van der Waals surface area contributed by atoms with Crippen molar-refractivity contribution in [3.63, 3.8) is 0 Å². The number of ether oxygens (including phenoxy) is 2.